The van der Waals surface area contributed by atoms with Crippen molar-refractivity contribution in [2.24, 2.45) is 11.8 Å². The van der Waals surface area contributed by atoms with Crippen molar-refractivity contribution in [2.75, 3.05) is 13.1 Å². The Hall–Kier alpha value is -2.18. The van der Waals surface area contributed by atoms with Gasteiger partial charge in [-0.3, -0.25) is 9.69 Å². The maximum atomic E-state index is 12.7. The van der Waals surface area contributed by atoms with Gasteiger partial charge < -0.3 is 5.11 Å². The monoisotopic (exact) mass is 387 g/mol. The lowest BCUT2D eigenvalue weighted by Gasteiger charge is -2.34. The first-order valence-corrected chi connectivity index (χ1v) is 10.6. The van der Waals surface area contributed by atoms with E-state index in [0.717, 1.165) is 17.7 Å². The zero-order valence-corrected chi connectivity index (χ0v) is 16.4. The van der Waals surface area contributed by atoms with E-state index < -0.39 is 15.8 Å². The minimum atomic E-state index is -3.53. The highest BCUT2D eigenvalue weighted by Gasteiger charge is 2.29. The van der Waals surface area contributed by atoms with E-state index in [4.69, 9.17) is 0 Å². The summed E-state index contributed by atoms with van der Waals surface area (Å²) in [6, 6.07) is 13.7. The first kappa shape index (κ1) is 19.6. The Bertz CT molecular complexity index is 904. The van der Waals surface area contributed by atoms with E-state index in [1.54, 1.807) is 36.4 Å². The maximum absolute atomic E-state index is 12.7. The second-order valence-corrected chi connectivity index (χ2v) is 9.48. The Morgan fingerprint density at radius 2 is 1.59 bits per heavy atom. The van der Waals surface area contributed by atoms with Gasteiger partial charge in [-0.1, -0.05) is 36.8 Å². The third-order valence-electron chi connectivity index (χ3n) is 5.06. The molecular formula is C21H25NO4S. The van der Waals surface area contributed by atoms with Crippen LogP contribution >= 0.6 is 0 Å². The van der Waals surface area contributed by atoms with Crippen LogP contribution in [0.2, 0.25) is 0 Å². The summed E-state index contributed by atoms with van der Waals surface area (Å²) in [5, 5.41) is 9.30. The van der Waals surface area contributed by atoms with Crippen LogP contribution in [0.4, 0.5) is 0 Å². The molecule has 1 aliphatic rings. The molecule has 0 radical (unpaired) electrons. The number of piperidine rings is 1. The van der Waals surface area contributed by atoms with Gasteiger partial charge in [0.05, 0.1) is 15.7 Å². The largest absolute Gasteiger partial charge is 0.481 e. The summed E-state index contributed by atoms with van der Waals surface area (Å²) >= 11 is 0. The molecule has 6 heteroatoms. The molecule has 2 atom stereocenters. The Balaban J connectivity index is 1.73. The quantitative estimate of drug-likeness (QED) is 0.851. The summed E-state index contributed by atoms with van der Waals surface area (Å²) in [5.74, 6) is -0.748. The zero-order chi connectivity index (χ0) is 19.6. The number of carbonyl (C=O) groups is 1. The number of carboxylic acid groups (broad SMARTS) is 1. The van der Waals surface area contributed by atoms with E-state index in [-0.39, 0.29) is 15.7 Å². The van der Waals surface area contributed by atoms with Crippen molar-refractivity contribution in [1.29, 1.82) is 0 Å². The number of nitrogens with zero attached hydrogens (tertiary/aromatic N) is 1. The molecule has 0 saturated carbocycles. The highest BCUT2D eigenvalue weighted by Crippen LogP contribution is 2.25. The van der Waals surface area contributed by atoms with E-state index >= 15 is 0 Å². The van der Waals surface area contributed by atoms with Gasteiger partial charge in [0, 0.05) is 19.6 Å². The SMILES string of the molecule is Cc1ccc(S(=O)(=O)c2ccc(CN3CC(C)CC(C(=O)O)C3)cc2)cc1. The van der Waals surface area contributed by atoms with Crippen LogP contribution in [0.25, 0.3) is 0 Å². The van der Waals surface area contributed by atoms with Crippen molar-refractivity contribution in [2.45, 2.75) is 36.6 Å². The molecule has 0 aromatic heterocycles. The topological polar surface area (TPSA) is 74.7 Å². The average Bonchev–Trinajstić information content (AvgIpc) is 2.62. The number of sulfone groups is 1. The minimum Gasteiger partial charge on any atom is -0.481 e. The number of hydrogen-bond donors (Lipinski definition) is 1. The summed E-state index contributed by atoms with van der Waals surface area (Å²) in [7, 11) is -3.53. The van der Waals surface area contributed by atoms with Crippen LogP contribution in [0, 0.1) is 18.8 Å². The molecule has 0 spiro atoms. The number of likely N-dealkylation sites (tertiary alicyclic amines) is 1. The first-order valence-electron chi connectivity index (χ1n) is 9.11. The number of hydrogen-bond acceptors (Lipinski definition) is 4. The zero-order valence-electron chi connectivity index (χ0n) is 15.6. The Kier molecular flexibility index (Phi) is 5.67. The van der Waals surface area contributed by atoms with E-state index in [0.29, 0.717) is 25.4 Å². The van der Waals surface area contributed by atoms with Crippen molar-refractivity contribution in [3.05, 3.63) is 59.7 Å². The minimum absolute atomic E-state index is 0.269. The highest BCUT2D eigenvalue weighted by molar-refractivity contribution is 7.91. The highest BCUT2D eigenvalue weighted by atomic mass is 32.2. The summed E-state index contributed by atoms with van der Waals surface area (Å²) in [4.78, 5) is 14.0. The van der Waals surface area contributed by atoms with Gasteiger partial charge in [-0.2, -0.15) is 0 Å². The number of benzene rings is 2. The van der Waals surface area contributed by atoms with Gasteiger partial charge in [0.1, 0.15) is 0 Å². The Morgan fingerprint density at radius 1 is 1.04 bits per heavy atom. The van der Waals surface area contributed by atoms with Crippen LogP contribution in [0.1, 0.15) is 24.5 Å². The number of aliphatic carboxylic acids is 1. The number of carboxylic acids is 1. The molecule has 1 N–H and O–H groups in total. The first-order chi connectivity index (χ1) is 12.8. The molecule has 2 aromatic carbocycles. The van der Waals surface area contributed by atoms with E-state index in [2.05, 4.69) is 11.8 Å². The van der Waals surface area contributed by atoms with Crippen LogP contribution in [0.5, 0.6) is 0 Å². The molecule has 27 heavy (non-hydrogen) atoms. The molecule has 1 aliphatic heterocycles. The Morgan fingerprint density at radius 3 is 2.15 bits per heavy atom. The standard InChI is InChI=1S/C21H25NO4S/c1-15-3-7-19(8-4-15)27(25,26)20-9-5-17(6-10-20)13-22-12-16(2)11-18(14-22)21(23)24/h3-10,16,18H,11-14H2,1-2H3,(H,23,24). The van der Waals surface area contributed by atoms with Crippen LogP contribution < -0.4 is 0 Å². The molecule has 2 unspecified atom stereocenters. The average molecular weight is 388 g/mol. The lowest BCUT2D eigenvalue weighted by molar-refractivity contribution is -0.144. The summed E-state index contributed by atoms with van der Waals surface area (Å²) in [5.41, 5.74) is 2.00. The molecule has 2 aromatic rings. The summed E-state index contributed by atoms with van der Waals surface area (Å²) in [6.45, 7) is 6.00. The van der Waals surface area contributed by atoms with Crippen LogP contribution in [0.15, 0.2) is 58.3 Å². The predicted molar refractivity (Wildman–Crippen MR) is 103 cm³/mol. The fraction of sp³-hybridized carbons (Fsp3) is 0.381. The van der Waals surface area contributed by atoms with Gasteiger partial charge in [0.15, 0.2) is 0 Å². The number of aryl methyl sites for hydroxylation is 1. The molecule has 144 valence electrons. The van der Waals surface area contributed by atoms with Crippen LogP contribution in [-0.4, -0.2) is 37.5 Å². The molecular weight excluding hydrogens is 362 g/mol. The normalized spacial score (nSPS) is 21.1. The van der Waals surface area contributed by atoms with Gasteiger partial charge in [-0.05, 0) is 49.1 Å². The predicted octanol–water partition coefficient (Wildman–Crippen LogP) is 3.37. The third kappa shape index (κ3) is 4.57. The summed E-state index contributed by atoms with van der Waals surface area (Å²) < 4.78 is 25.5. The van der Waals surface area contributed by atoms with Gasteiger partial charge in [-0.15, -0.1) is 0 Å². The van der Waals surface area contributed by atoms with Crippen LogP contribution in [-0.2, 0) is 21.2 Å². The second kappa shape index (κ2) is 7.82. The number of rotatable bonds is 5. The fourth-order valence-electron chi connectivity index (χ4n) is 3.66. The van der Waals surface area contributed by atoms with E-state index in [9.17, 15) is 18.3 Å². The molecule has 1 fully saturated rings. The molecule has 0 aliphatic carbocycles. The van der Waals surface area contributed by atoms with Crippen LogP contribution in [0.3, 0.4) is 0 Å². The molecule has 1 saturated heterocycles. The lowest BCUT2D eigenvalue weighted by Crippen LogP contribution is -2.41. The Labute approximate surface area is 160 Å². The van der Waals surface area contributed by atoms with Crippen molar-refractivity contribution < 1.29 is 18.3 Å². The fourth-order valence-corrected chi connectivity index (χ4v) is 4.92. The molecule has 0 bridgehead atoms. The van der Waals surface area contributed by atoms with Crippen molar-refractivity contribution in [3.8, 4) is 0 Å². The summed E-state index contributed by atoms with van der Waals surface area (Å²) in [6.07, 6.45) is 0.708. The third-order valence-corrected chi connectivity index (χ3v) is 6.84. The van der Waals surface area contributed by atoms with Gasteiger partial charge in [-0.25, -0.2) is 8.42 Å². The molecule has 3 rings (SSSR count). The van der Waals surface area contributed by atoms with Gasteiger partial charge in [0.2, 0.25) is 9.84 Å². The molecule has 1 heterocycles. The van der Waals surface area contributed by atoms with Gasteiger partial charge >= 0.3 is 5.97 Å². The lowest BCUT2D eigenvalue weighted by atomic mass is 9.90. The van der Waals surface area contributed by atoms with Crippen molar-refractivity contribution >= 4 is 15.8 Å². The van der Waals surface area contributed by atoms with E-state index in [1.807, 2.05) is 19.1 Å². The molecule has 5 nitrogen and oxygen atoms in total. The maximum Gasteiger partial charge on any atom is 0.307 e. The van der Waals surface area contributed by atoms with Crippen molar-refractivity contribution in [1.82, 2.24) is 4.90 Å². The van der Waals surface area contributed by atoms with Crippen molar-refractivity contribution in [3.63, 3.8) is 0 Å². The van der Waals surface area contributed by atoms with E-state index in [1.165, 1.54) is 0 Å². The van der Waals surface area contributed by atoms with Gasteiger partial charge in [0.25, 0.3) is 0 Å². The smallest absolute Gasteiger partial charge is 0.307 e. The second-order valence-electron chi connectivity index (χ2n) is 7.53. The molecule has 0 amide bonds.